The number of benzene rings is 1. The van der Waals surface area contributed by atoms with Gasteiger partial charge in [0.2, 0.25) is 0 Å². The summed E-state index contributed by atoms with van der Waals surface area (Å²) in [6.45, 7) is 2.53. The number of ether oxygens (including phenoxy) is 1. The molecule has 0 atom stereocenters. The van der Waals surface area contributed by atoms with E-state index in [1.54, 1.807) is 10.7 Å². The van der Waals surface area contributed by atoms with E-state index in [1.807, 2.05) is 20.2 Å². The predicted molar refractivity (Wildman–Crippen MR) is 84.3 cm³/mol. The molecule has 0 saturated carbocycles. The Labute approximate surface area is 133 Å². The van der Waals surface area contributed by atoms with Gasteiger partial charge >= 0.3 is 5.97 Å². The second-order valence-electron chi connectivity index (χ2n) is 4.96. The van der Waals surface area contributed by atoms with Gasteiger partial charge in [0.1, 0.15) is 5.56 Å². The van der Waals surface area contributed by atoms with Crippen LogP contribution in [0, 0.1) is 10.1 Å². The fraction of sp³-hybridized carbons (Fsp3) is 0.333. The molecule has 0 aliphatic rings. The highest BCUT2D eigenvalue weighted by molar-refractivity contribution is 5.95. The van der Waals surface area contributed by atoms with Crippen LogP contribution in [-0.4, -0.2) is 27.8 Å². The third kappa shape index (κ3) is 3.65. The number of aryl methyl sites for hydroxylation is 2. The molecule has 1 heterocycles. The number of nitrogens with zero attached hydrogens (tertiary/aromatic N) is 3. The van der Waals surface area contributed by atoms with Gasteiger partial charge in [-0.15, -0.1) is 0 Å². The smallest absolute Gasteiger partial charge is 0.344 e. The second kappa shape index (κ2) is 6.91. The van der Waals surface area contributed by atoms with Gasteiger partial charge in [-0.05, 0) is 18.6 Å². The summed E-state index contributed by atoms with van der Waals surface area (Å²) >= 11 is 0. The molecule has 2 rings (SSSR count). The number of esters is 1. The van der Waals surface area contributed by atoms with Crippen molar-refractivity contribution in [3.63, 3.8) is 0 Å². The third-order valence-electron chi connectivity index (χ3n) is 3.41. The zero-order chi connectivity index (χ0) is 17.0. The van der Waals surface area contributed by atoms with Crippen LogP contribution in [0.2, 0.25) is 0 Å². The molecule has 0 radical (unpaired) electrons. The van der Waals surface area contributed by atoms with Crippen molar-refractivity contribution in [3.05, 3.63) is 51.3 Å². The van der Waals surface area contributed by atoms with Gasteiger partial charge < -0.3 is 10.1 Å². The van der Waals surface area contributed by atoms with Crippen molar-refractivity contribution < 1.29 is 14.5 Å². The summed E-state index contributed by atoms with van der Waals surface area (Å²) in [6, 6.07) is 4.27. The van der Waals surface area contributed by atoms with Crippen LogP contribution < -0.4 is 5.32 Å². The summed E-state index contributed by atoms with van der Waals surface area (Å²) < 4.78 is 6.34. The summed E-state index contributed by atoms with van der Waals surface area (Å²) in [6.07, 6.45) is 2.73. The first kappa shape index (κ1) is 16.5. The third-order valence-corrected chi connectivity index (χ3v) is 3.41. The Morgan fingerprint density at radius 1 is 1.48 bits per heavy atom. The highest BCUT2D eigenvalue weighted by Crippen LogP contribution is 2.24. The van der Waals surface area contributed by atoms with Gasteiger partial charge in [0.05, 0.1) is 17.7 Å². The monoisotopic (exact) mass is 318 g/mol. The summed E-state index contributed by atoms with van der Waals surface area (Å²) in [5.74, 6) is -0.740. The number of anilines is 1. The number of methoxy groups -OCH3 is 1. The number of aromatic nitrogens is 2. The summed E-state index contributed by atoms with van der Waals surface area (Å²) in [7, 11) is 3.04. The van der Waals surface area contributed by atoms with Crippen LogP contribution in [-0.2, 0) is 24.8 Å². The van der Waals surface area contributed by atoms with Gasteiger partial charge in [-0.1, -0.05) is 6.92 Å². The molecule has 0 unspecified atom stereocenters. The molecule has 0 bridgehead atoms. The first-order valence-electron chi connectivity index (χ1n) is 7.08. The first-order chi connectivity index (χ1) is 11.0. The molecule has 122 valence electrons. The molecule has 2 aromatic rings. The molecule has 1 N–H and O–H groups in total. The molecule has 1 aromatic heterocycles. The Kier molecular flexibility index (Phi) is 4.95. The fourth-order valence-electron chi connectivity index (χ4n) is 2.30. The summed E-state index contributed by atoms with van der Waals surface area (Å²) in [4.78, 5) is 22.1. The predicted octanol–water partition coefficient (Wildman–Crippen LogP) is 2.29. The lowest BCUT2D eigenvalue weighted by molar-refractivity contribution is -0.385. The summed E-state index contributed by atoms with van der Waals surface area (Å²) in [5.41, 5.74) is 2.26. The van der Waals surface area contributed by atoms with E-state index in [-0.39, 0.29) is 11.3 Å². The zero-order valence-electron chi connectivity index (χ0n) is 13.2. The van der Waals surface area contributed by atoms with Crippen molar-refractivity contribution in [2.75, 3.05) is 12.4 Å². The van der Waals surface area contributed by atoms with Gasteiger partial charge in [0, 0.05) is 37.1 Å². The van der Waals surface area contributed by atoms with Crippen LogP contribution in [0.1, 0.15) is 28.5 Å². The molecule has 8 nitrogen and oxygen atoms in total. The topological polar surface area (TPSA) is 99.3 Å². The highest BCUT2D eigenvalue weighted by atomic mass is 16.6. The molecule has 1 aromatic carbocycles. The maximum atomic E-state index is 11.7. The first-order valence-corrected chi connectivity index (χ1v) is 7.08. The van der Waals surface area contributed by atoms with Crippen molar-refractivity contribution in [1.82, 2.24) is 9.78 Å². The van der Waals surface area contributed by atoms with Gasteiger partial charge in [0.15, 0.2) is 0 Å². The van der Waals surface area contributed by atoms with Crippen molar-refractivity contribution in [3.8, 4) is 0 Å². The number of carbonyl (C=O) groups excluding carboxylic acids is 1. The molecule has 23 heavy (non-hydrogen) atoms. The minimum Gasteiger partial charge on any atom is -0.465 e. The molecule has 0 saturated heterocycles. The lowest BCUT2D eigenvalue weighted by Crippen LogP contribution is -2.07. The van der Waals surface area contributed by atoms with Crippen LogP contribution in [0.3, 0.4) is 0 Å². The Bertz CT molecular complexity index is 739. The number of nitrogens with one attached hydrogen (secondary N) is 1. The Morgan fingerprint density at radius 2 is 2.22 bits per heavy atom. The Hall–Kier alpha value is -2.90. The van der Waals surface area contributed by atoms with Crippen LogP contribution in [0.15, 0.2) is 24.4 Å². The van der Waals surface area contributed by atoms with Gasteiger partial charge in [-0.25, -0.2) is 4.79 Å². The number of nitro groups is 1. The van der Waals surface area contributed by atoms with Gasteiger partial charge in [-0.3, -0.25) is 14.8 Å². The van der Waals surface area contributed by atoms with Crippen molar-refractivity contribution in [2.45, 2.75) is 19.9 Å². The van der Waals surface area contributed by atoms with Crippen molar-refractivity contribution >= 4 is 17.3 Å². The van der Waals surface area contributed by atoms with Gasteiger partial charge in [0.25, 0.3) is 5.69 Å². The molecular weight excluding hydrogens is 300 g/mol. The quantitative estimate of drug-likeness (QED) is 0.498. The van der Waals surface area contributed by atoms with Crippen LogP contribution >= 0.6 is 0 Å². The van der Waals surface area contributed by atoms with Crippen LogP contribution in [0.4, 0.5) is 11.4 Å². The average Bonchev–Trinajstić information content (AvgIpc) is 2.91. The average molecular weight is 318 g/mol. The van der Waals surface area contributed by atoms with E-state index < -0.39 is 10.9 Å². The molecule has 0 aliphatic heterocycles. The van der Waals surface area contributed by atoms with Gasteiger partial charge in [-0.2, -0.15) is 5.10 Å². The standard InChI is InChI=1S/C15H18N4O4/c1-4-13-10(9-18(2)17-13)8-16-11-5-6-14(19(21)22)12(7-11)15(20)23-3/h5-7,9,16H,4,8H2,1-3H3. The molecular formula is C15H18N4O4. The largest absolute Gasteiger partial charge is 0.465 e. The summed E-state index contributed by atoms with van der Waals surface area (Å²) in [5, 5.41) is 18.5. The minimum absolute atomic E-state index is 0.0793. The Balaban J connectivity index is 2.23. The second-order valence-corrected chi connectivity index (χ2v) is 4.96. The minimum atomic E-state index is -0.740. The Morgan fingerprint density at radius 3 is 2.83 bits per heavy atom. The van der Waals surface area contributed by atoms with Crippen LogP contribution in [0.25, 0.3) is 0 Å². The van der Waals surface area contributed by atoms with Crippen molar-refractivity contribution in [1.29, 1.82) is 0 Å². The number of carbonyl (C=O) groups is 1. The number of hydrogen-bond donors (Lipinski definition) is 1. The van der Waals surface area contributed by atoms with E-state index >= 15 is 0 Å². The van der Waals surface area contributed by atoms with E-state index in [1.165, 1.54) is 19.2 Å². The normalized spacial score (nSPS) is 10.4. The fourth-order valence-corrected chi connectivity index (χ4v) is 2.30. The molecule has 0 fully saturated rings. The zero-order valence-corrected chi connectivity index (χ0v) is 13.2. The van der Waals surface area contributed by atoms with E-state index in [4.69, 9.17) is 0 Å². The maximum Gasteiger partial charge on any atom is 0.344 e. The van der Waals surface area contributed by atoms with E-state index in [2.05, 4.69) is 15.2 Å². The van der Waals surface area contributed by atoms with E-state index in [9.17, 15) is 14.9 Å². The number of nitro benzene ring substituents is 1. The number of hydrogen-bond acceptors (Lipinski definition) is 6. The lowest BCUT2D eigenvalue weighted by Gasteiger charge is -2.08. The van der Waals surface area contributed by atoms with Crippen molar-refractivity contribution in [2.24, 2.45) is 7.05 Å². The molecule has 8 heteroatoms. The highest BCUT2D eigenvalue weighted by Gasteiger charge is 2.21. The maximum absolute atomic E-state index is 11.7. The lowest BCUT2D eigenvalue weighted by atomic mass is 10.1. The van der Waals surface area contributed by atoms with Crippen LogP contribution in [0.5, 0.6) is 0 Å². The molecule has 0 aliphatic carbocycles. The SMILES string of the molecule is CCc1nn(C)cc1CNc1ccc([N+](=O)[O-])c(C(=O)OC)c1. The van der Waals surface area contributed by atoms with E-state index in [0.29, 0.717) is 12.2 Å². The number of rotatable bonds is 6. The molecule has 0 amide bonds. The molecule has 0 spiro atoms. The van der Waals surface area contributed by atoms with E-state index in [0.717, 1.165) is 17.7 Å².